The van der Waals surface area contributed by atoms with Crippen LogP contribution >= 0.6 is 0 Å². The van der Waals surface area contributed by atoms with Crippen molar-refractivity contribution in [3.8, 4) is 0 Å². The zero-order chi connectivity index (χ0) is 15.9. The average Bonchev–Trinajstić information content (AvgIpc) is 3.31. The van der Waals surface area contributed by atoms with Gasteiger partial charge < -0.3 is 10.0 Å². The highest BCUT2D eigenvalue weighted by molar-refractivity contribution is 6.06. The fourth-order valence-corrected chi connectivity index (χ4v) is 2.92. The highest BCUT2D eigenvalue weighted by atomic mass is 16.3. The molecule has 1 saturated carbocycles. The molecule has 0 aromatic carbocycles. The van der Waals surface area contributed by atoms with Gasteiger partial charge in [0.25, 0.3) is 5.91 Å². The summed E-state index contributed by atoms with van der Waals surface area (Å²) in [6.07, 6.45) is 2.27. The first kappa shape index (κ1) is 15.0. The number of hydrogen-bond acceptors (Lipinski definition) is 4. The number of aryl methyl sites for hydroxylation is 2. The normalized spacial score (nSPS) is 14.5. The van der Waals surface area contributed by atoms with Gasteiger partial charge in [-0.05, 0) is 32.8 Å². The van der Waals surface area contributed by atoms with Crippen LogP contribution in [0, 0.1) is 6.92 Å². The van der Waals surface area contributed by atoms with E-state index in [4.69, 9.17) is 10.1 Å². The van der Waals surface area contributed by atoms with Crippen molar-refractivity contribution in [2.75, 3.05) is 19.7 Å². The number of likely N-dealkylation sites (N-methyl/N-ethyl adjacent to an activating group) is 1. The number of amides is 1. The topological polar surface area (TPSA) is 71.2 Å². The molecule has 0 radical (unpaired) electrons. The Morgan fingerprint density at radius 2 is 2.23 bits per heavy atom. The fourth-order valence-electron chi connectivity index (χ4n) is 2.92. The lowest BCUT2D eigenvalue weighted by atomic mass is 10.1. The molecule has 0 atom stereocenters. The van der Waals surface area contributed by atoms with E-state index in [-0.39, 0.29) is 12.5 Å². The molecule has 0 aliphatic heterocycles. The predicted molar refractivity (Wildman–Crippen MR) is 83.9 cm³/mol. The van der Waals surface area contributed by atoms with E-state index in [2.05, 4.69) is 5.10 Å². The first-order valence-electron chi connectivity index (χ1n) is 7.81. The van der Waals surface area contributed by atoms with Crippen LogP contribution in [0.3, 0.4) is 0 Å². The molecular formula is C16H22N4O2. The van der Waals surface area contributed by atoms with Crippen molar-refractivity contribution in [3.05, 3.63) is 23.0 Å². The third-order valence-corrected chi connectivity index (χ3v) is 4.25. The summed E-state index contributed by atoms with van der Waals surface area (Å²) >= 11 is 0. The van der Waals surface area contributed by atoms with Gasteiger partial charge in [0.05, 0.1) is 23.3 Å². The molecular weight excluding hydrogens is 280 g/mol. The first-order chi connectivity index (χ1) is 10.6. The van der Waals surface area contributed by atoms with Gasteiger partial charge in [-0.15, -0.1) is 0 Å². The van der Waals surface area contributed by atoms with Crippen LogP contribution < -0.4 is 0 Å². The van der Waals surface area contributed by atoms with E-state index >= 15 is 0 Å². The summed E-state index contributed by atoms with van der Waals surface area (Å²) in [6.45, 7) is 4.71. The maximum atomic E-state index is 12.9. The third kappa shape index (κ3) is 2.47. The highest BCUT2D eigenvalue weighted by Gasteiger charge is 2.29. The molecule has 1 N–H and O–H groups in total. The molecule has 6 heteroatoms. The van der Waals surface area contributed by atoms with Crippen LogP contribution in [-0.2, 0) is 7.05 Å². The minimum atomic E-state index is -0.0537. The zero-order valence-electron chi connectivity index (χ0n) is 13.3. The van der Waals surface area contributed by atoms with Crippen LogP contribution in [0.2, 0.25) is 0 Å². The van der Waals surface area contributed by atoms with Crippen molar-refractivity contribution in [1.82, 2.24) is 19.7 Å². The number of carbonyl (C=O) groups excluding carboxylic acids is 1. The van der Waals surface area contributed by atoms with Crippen LogP contribution in [-0.4, -0.2) is 50.4 Å². The molecule has 3 rings (SSSR count). The summed E-state index contributed by atoms with van der Waals surface area (Å²) in [4.78, 5) is 19.3. The smallest absolute Gasteiger partial charge is 0.254 e. The van der Waals surface area contributed by atoms with Crippen LogP contribution in [0.4, 0.5) is 0 Å². The van der Waals surface area contributed by atoms with Gasteiger partial charge in [0, 0.05) is 31.7 Å². The molecule has 1 aliphatic rings. The third-order valence-electron chi connectivity index (χ3n) is 4.25. The average molecular weight is 302 g/mol. The van der Waals surface area contributed by atoms with Crippen LogP contribution in [0.1, 0.15) is 47.4 Å². The van der Waals surface area contributed by atoms with Crippen molar-refractivity contribution in [1.29, 1.82) is 0 Å². The van der Waals surface area contributed by atoms with Gasteiger partial charge in [0.2, 0.25) is 0 Å². The Kier molecular flexibility index (Phi) is 3.87. The first-order valence-corrected chi connectivity index (χ1v) is 7.81. The van der Waals surface area contributed by atoms with Gasteiger partial charge in [-0.3, -0.25) is 9.48 Å². The molecule has 0 saturated heterocycles. The summed E-state index contributed by atoms with van der Waals surface area (Å²) in [5, 5.41) is 14.4. The van der Waals surface area contributed by atoms with Crippen LogP contribution in [0.25, 0.3) is 11.0 Å². The lowest BCUT2D eigenvalue weighted by Crippen LogP contribution is -2.33. The number of rotatable bonds is 5. The Morgan fingerprint density at radius 3 is 2.82 bits per heavy atom. The SMILES string of the molecule is CCN(CCO)C(=O)c1cc(C2CC2)nc2c1c(C)nn2C. The van der Waals surface area contributed by atoms with Crippen LogP contribution in [0.5, 0.6) is 0 Å². The van der Waals surface area contributed by atoms with E-state index in [9.17, 15) is 4.79 Å². The number of hydrogen-bond donors (Lipinski definition) is 1. The number of carbonyl (C=O) groups is 1. The van der Waals surface area contributed by atoms with Crippen molar-refractivity contribution in [2.45, 2.75) is 32.6 Å². The zero-order valence-corrected chi connectivity index (χ0v) is 13.3. The molecule has 2 aromatic rings. The Balaban J connectivity index is 2.15. The Labute approximate surface area is 129 Å². The van der Waals surface area contributed by atoms with Gasteiger partial charge in [-0.2, -0.15) is 5.10 Å². The number of aromatic nitrogens is 3. The minimum Gasteiger partial charge on any atom is -0.395 e. The summed E-state index contributed by atoms with van der Waals surface area (Å²) in [7, 11) is 1.86. The number of aliphatic hydroxyl groups is 1. The van der Waals surface area contributed by atoms with E-state index in [1.54, 1.807) is 9.58 Å². The van der Waals surface area contributed by atoms with Gasteiger partial charge in [0.15, 0.2) is 5.65 Å². The molecule has 22 heavy (non-hydrogen) atoms. The largest absolute Gasteiger partial charge is 0.395 e. The molecule has 2 heterocycles. The molecule has 1 aliphatic carbocycles. The summed E-state index contributed by atoms with van der Waals surface area (Å²) in [5.74, 6) is 0.418. The van der Waals surface area contributed by atoms with Crippen molar-refractivity contribution >= 4 is 16.9 Å². The summed E-state index contributed by atoms with van der Waals surface area (Å²) in [6, 6.07) is 1.93. The molecule has 118 valence electrons. The molecule has 1 amide bonds. The van der Waals surface area contributed by atoms with Crippen LogP contribution in [0.15, 0.2) is 6.07 Å². The molecule has 6 nitrogen and oxygen atoms in total. The van der Waals surface area contributed by atoms with Crippen molar-refractivity contribution in [2.24, 2.45) is 7.05 Å². The van der Waals surface area contributed by atoms with Crippen molar-refractivity contribution < 1.29 is 9.90 Å². The van der Waals surface area contributed by atoms with E-state index < -0.39 is 0 Å². The van der Waals surface area contributed by atoms with E-state index in [1.807, 2.05) is 27.0 Å². The van der Waals surface area contributed by atoms with Gasteiger partial charge in [0.1, 0.15) is 0 Å². The Morgan fingerprint density at radius 1 is 1.50 bits per heavy atom. The lowest BCUT2D eigenvalue weighted by molar-refractivity contribution is 0.0733. The second-order valence-corrected chi connectivity index (χ2v) is 5.89. The predicted octanol–water partition coefficient (Wildman–Crippen LogP) is 1.61. The molecule has 0 bridgehead atoms. The van der Waals surface area contributed by atoms with Gasteiger partial charge in [-0.25, -0.2) is 4.98 Å². The maximum absolute atomic E-state index is 12.9. The van der Waals surface area contributed by atoms with Gasteiger partial charge in [-0.1, -0.05) is 0 Å². The van der Waals surface area contributed by atoms with E-state index in [0.717, 1.165) is 35.3 Å². The molecule has 2 aromatic heterocycles. The number of fused-ring (bicyclic) bond motifs is 1. The number of pyridine rings is 1. The van der Waals surface area contributed by atoms with Crippen molar-refractivity contribution in [3.63, 3.8) is 0 Å². The molecule has 0 unspecified atom stereocenters. The quantitative estimate of drug-likeness (QED) is 0.911. The number of nitrogens with zero attached hydrogens (tertiary/aromatic N) is 4. The standard InChI is InChI=1S/C16H22N4O2/c1-4-20(7-8-21)16(22)12-9-13(11-5-6-11)17-15-14(12)10(2)18-19(15)3/h9,11,21H,4-8H2,1-3H3. The summed E-state index contributed by atoms with van der Waals surface area (Å²) in [5.41, 5.74) is 3.23. The fraction of sp³-hybridized carbons (Fsp3) is 0.562. The Hall–Kier alpha value is -1.95. The molecule has 0 spiro atoms. The Bertz CT molecular complexity index is 718. The number of aliphatic hydroxyl groups excluding tert-OH is 1. The second-order valence-electron chi connectivity index (χ2n) is 5.89. The second kappa shape index (κ2) is 5.68. The van der Waals surface area contributed by atoms with E-state index in [0.29, 0.717) is 24.6 Å². The van der Waals surface area contributed by atoms with E-state index in [1.165, 1.54) is 0 Å². The minimum absolute atomic E-state index is 0.0324. The highest BCUT2D eigenvalue weighted by Crippen LogP contribution is 2.40. The van der Waals surface area contributed by atoms with Gasteiger partial charge >= 0.3 is 0 Å². The summed E-state index contributed by atoms with van der Waals surface area (Å²) < 4.78 is 1.75. The monoisotopic (exact) mass is 302 g/mol. The maximum Gasteiger partial charge on any atom is 0.254 e. The molecule has 1 fully saturated rings. The lowest BCUT2D eigenvalue weighted by Gasteiger charge is -2.20.